The highest BCUT2D eigenvalue weighted by molar-refractivity contribution is 5.77. The second-order valence-corrected chi connectivity index (χ2v) is 3.59. The minimum atomic E-state index is -0.779. The van der Waals surface area contributed by atoms with Gasteiger partial charge in [0.25, 0.3) is 0 Å². The molecule has 0 spiro atoms. The molecule has 0 bridgehead atoms. The van der Waals surface area contributed by atoms with E-state index in [-0.39, 0.29) is 18.2 Å². The molecule has 2 heterocycles. The van der Waals surface area contributed by atoms with E-state index >= 15 is 0 Å². The Kier molecular flexibility index (Phi) is 2.90. The Labute approximate surface area is 96.5 Å². The van der Waals surface area contributed by atoms with E-state index < -0.39 is 17.0 Å². The number of nitro groups is 1. The van der Waals surface area contributed by atoms with Crippen molar-refractivity contribution in [2.75, 3.05) is 6.61 Å². The van der Waals surface area contributed by atoms with Gasteiger partial charge in [-0.2, -0.15) is 0 Å². The van der Waals surface area contributed by atoms with Gasteiger partial charge in [0.1, 0.15) is 5.69 Å². The van der Waals surface area contributed by atoms with Crippen LogP contribution in [0.15, 0.2) is 12.1 Å². The Morgan fingerprint density at radius 2 is 2.35 bits per heavy atom. The van der Waals surface area contributed by atoms with E-state index in [1.165, 1.54) is 6.07 Å². The van der Waals surface area contributed by atoms with Crippen LogP contribution in [0, 0.1) is 17.0 Å². The van der Waals surface area contributed by atoms with Crippen LogP contribution < -0.4 is 4.74 Å². The zero-order valence-electron chi connectivity index (χ0n) is 9.08. The van der Waals surface area contributed by atoms with Crippen LogP contribution in [-0.2, 0) is 9.53 Å². The molecule has 1 aliphatic rings. The first-order chi connectivity index (χ1) is 8.08. The van der Waals surface area contributed by atoms with Gasteiger partial charge in [-0.15, -0.1) is 0 Å². The topological polar surface area (TPSA) is 91.6 Å². The zero-order valence-corrected chi connectivity index (χ0v) is 9.08. The van der Waals surface area contributed by atoms with Gasteiger partial charge in [-0.3, -0.25) is 0 Å². The number of hydrogen-bond donors (Lipinski definition) is 0. The third kappa shape index (κ3) is 2.32. The number of hydrogen-bond acceptors (Lipinski definition) is 6. The summed E-state index contributed by atoms with van der Waals surface area (Å²) in [6.07, 6.45) is -0.387. The third-order valence-corrected chi connectivity index (χ3v) is 2.31. The molecule has 1 atom stereocenters. The third-order valence-electron chi connectivity index (χ3n) is 2.31. The Morgan fingerprint density at radius 1 is 1.59 bits per heavy atom. The molecule has 1 aromatic heterocycles. The van der Waals surface area contributed by atoms with Gasteiger partial charge in [-0.1, -0.05) is 0 Å². The highest BCUT2D eigenvalue weighted by Gasteiger charge is 2.31. The number of pyridine rings is 1. The van der Waals surface area contributed by atoms with Crippen molar-refractivity contribution < 1.29 is 19.2 Å². The first-order valence-electron chi connectivity index (χ1n) is 5.03. The number of rotatable bonds is 3. The van der Waals surface area contributed by atoms with Crippen LogP contribution in [0.25, 0.3) is 0 Å². The molecule has 0 unspecified atom stereocenters. The summed E-state index contributed by atoms with van der Waals surface area (Å²) in [5.41, 5.74) is 0.512. The fraction of sp³-hybridized carbons (Fsp3) is 0.400. The van der Waals surface area contributed by atoms with Gasteiger partial charge in [0, 0.05) is 13.3 Å². The molecule has 1 saturated heterocycles. The minimum Gasteiger partial charge on any atom is -0.470 e. The molecular formula is C10H10N2O5. The fourth-order valence-electron chi connectivity index (χ4n) is 1.49. The molecular weight excluding hydrogens is 228 g/mol. The van der Waals surface area contributed by atoms with Crippen molar-refractivity contribution in [2.24, 2.45) is 0 Å². The van der Waals surface area contributed by atoms with Crippen molar-refractivity contribution in [1.29, 1.82) is 0 Å². The van der Waals surface area contributed by atoms with E-state index in [0.717, 1.165) is 0 Å². The molecule has 7 nitrogen and oxygen atoms in total. The summed E-state index contributed by atoms with van der Waals surface area (Å²) in [5, 5.41) is 10.8. The molecule has 0 aromatic carbocycles. The Hall–Kier alpha value is -2.18. The molecule has 0 amide bonds. The van der Waals surface area contributed by atoms with Crippen molar-refractivity contribution in [3.63, 3.8) is 0 Å². The number of carbonyl (C=O) groups excluding carboxylic acids is 1. The van der Waals surface area contributed by atoms with Crippen LogP contribution in [0.2, 0.25) is 0 Å². The van der Waals surface area contributed by atoms with Crippen LogP contribution in [0.3, 0.4) is 0 Å². The Balaban J connectivity index is 2.25. The van der Waals surface area contributed by atoms with Crippen molar-refractivity contribution in [3.8, 4) is 5.75 Å². The first kappa shape index (κ1) is 11.3. The van der Waals surface area contributed by atoms with E-state index in [2.05, 4.69) is 4.98 Å². The second-order valence-electron chi connectivity index (χ2n) is 3.59. The molecule has 90 valence electrons. The van der Waals surface area contributed by atoms with Crippen molar-refractivity contribution in [1.82, 2.24) is 4.98 Å². The normalized spacial score (nSPS) is 18.9. The van der Waals surface area contributed by atoms with Crippen molar-refractivity contribution in [3.05, 3.63) is 27.9 Å². The monoisotopic (exact) mass is 238 g/mol. The van der Waals surface area contributed by atoms with Gasteiger partial charge >= 0.3 is 11.8 Å². The van der Waals surface area contributed by atoms with Crippen LogP contribution in [0.4, 0.5) is 5.82 Å². The Morgan fingerprint density at radius 3 is 2.94 bits per heavy atom. The standard InChI is InChI=1S/C10H10N2O5/c1-6-2-3-7(9(11-6)12(14)15)17-8-4-5-16-10(8)13/h2-3,8H,4-5H2,1H3/t8-/m1/s1. The van der Waals surface area contributed by atoms with Gasteiger partial charge in [-0.25, -0.2) is 4.79 Å². The predicted octanol–water partition coefficient (Wildman–Crippen LogP) is 0.993. The minimum absolute atomic E-state index is 0.00977. The summed E-state index contributed by atoms with van der Waals surface area (Å²) < 4.78 is 9.96. The summed E-state index contributed by atoms with van der Waals surface area (Å²) in [6.45, 7) is 1.91. The first-order valence-corrected chi connectivity index (χ1v) is 5.03. The summed E-state index contributed by atoms with van der Waals surface area (Å²) in [4.78, 5) is 25.1. The largest absolute Gasteiger partial charge is 0.470 e. The molecule has 0 aliphatic carbocycles. The lowest BCUT2D eigenvalue weighted by Crippen LogP contribution is -2.22. The lowest BCUT2D eigenvalue weighted by molar-refractivity contribution is -0.390. The highest BCUT2D eigenvalue weighted by Crippen LogP contribution is 2.27. The summed E-state index contributed by atoms with van der Waals surface area (Å²) in [7, 11) is 0. The Bertz CT molecular complexity index is 474. The SMILES string of the molecule is Cc1ccc(O[C@@H]2CCOC2=O)c([N+](=O)[O-])n1. The number of nitrogens with zero attached hydrogens (tertiary/aromatic N) is 2. The maximum Gasteiger partial charge on any atom is 0.406 e. The van der Waals surface area contributed by atoms with Crippen LogP contribution in [0.1, 0.15) is 12.1 Å². The van der Waals surface area contributed by atoms with Crippen molar-refractivity contribution >= 4 is 11.8 Å². The predicted molar refractivity (Wildman–Crippen MR) is 55.6 cm³/mol. The van der Waals surface area contributed by atoms with Gasteiger partial charge < -0.3 is 19.6 Å². The van der Waals surface area contributed by atoms with E-state index in [0.29, 0.717) is 12.1 Å². The number of aryl methyl sites for hydroxylation is 1. The van der Waals surface area contributed by atoms with Crippen LogP contribution >= 0.6 is 0 Å². The van der Waals surface area contributed by atoms with E-state index in [9.17, 15) is 14.9 Å². The fourth-order valence-corrected chi connectivity index (χ4v) is 1.49. The number of cyclic esters (lactones) is 1. The highest BCUT2D eigenvalue weighted by atomic mass is 16.6. The molecule has 7 heteroatoms. The summed E-state index contributed by atoms with van der Waals surface area (Å²) in [5.74, 6) is -0.894. The van der Waals surface area contributed by atoms with Gasteiger partial charge in [0.2, 0.25) is 5.75 Å². The van der Waals surface area contributed by atoms with Gasteiger partial charge in [0.15, 0.2) is 6.10 Å². The summed E-state index contributed by atoms with van der Waals surface area (Å²) in [6, 6.07) is 3.02. The lowest BCUT2D eigenvalue weighted by Gasteiger charge is -2.09. The average Bonchev–Trinajstić information content (AvgIpc) is 2.67. The van der Waals surface area contributed by atoms with E-state index in [1.807, 2.05) is 0 Å². The second kappa shape index (κ2) is 4.36. The summed E-state index contributed by atoms with van der Waals surface area (Å²) >= 11 is 0. The van der Waals surface area contributed by atoms with Crippen LogP contribution in [-0.4, -0.2) is 28.6 Å². The molecule has 0 saturated carbocycles. The number of aromatic nitrogens is 1. The average molecular weight is 238 g/mol. The number of ether oxygens (including phenoxy) is 2. The van der Waals surface area contributed by atoms with Gasteiger partial charge in [-0.05, 0) is 22.0 Å². The quantitative estimate of drug-likeness (QED) is 0.443. The zero-order chi connectivity index (χ0) is 12.4. The van der Waals surface area contributed by atoms with Crippen LogP contribution in [0.5, 0.6) is 5.75 Å². The molecule has 17 heavy (non-hydrogen) atoms. The molecule has 1 aliphatic heterocycles. The molecule has 0 N–H and O–H groups in total. The molecule has 0 radical (unpaired) electrons. The maximum absolute atomic E-state index is 11.2. The lowest BCUT2D eigenvalue weighted by atomic mass is 10.3. The number of esters is 1. The number of carbonyl (C=O) groups is 1. The van der Waals surface area contributed by atoms with Crippen molar-refractivity contribution in [2.45, 2.75) is 19.4 Å². The molecule has 1 aromatic rings. The van der Waals surface area contributed by atoms with E-state index in [1.54, 1.807) is 13.0 Å². The van der Waals surface area contributed by atoms with Gasteiger partial charge in [0.05, 0.1) is 6.61 Å². The molecule has 1 fully saturated rings. The maximum atomic E-state index is 11.2. The molecule has 2 rings (SSSR count). The van der Waals surface area contributed by atoms with E-state index in [4.69, 9.17) is 9.47 Å². The smallest absolute Gasteiger partial charge is 0.406 e.